The van der Waals surface area contributed by atoms with Crippen LogP contribution in [0.3, 0.4) is 0 Å². The van der Waals surface area contributed by atoms with Crippen LogP contribution in [0.1, 0.15) is 16.8 Å². The summed E-state index contributed by atoms with van der Waals surface area (Å²) >= 11 is 1.30. The van der Waals surface area contributed by atoms with Gasteiger partial charge in [0.05, 0.1) is 23.0 Å². The molecular formula is C14H16N2O2S. The maximum Gasteiger partial charge on any atom is 0.313 e. The van der Waals surface area contributed by atoms with Crippen LogP contribution < -0.4 is 0 Å². The Morgan fingerprint density at radius 3 is 2.79 bits per heavy atom. The van der Waals surface area contributed by atoms with E-state index in [2.05, 4.69) is 24.2 Å². The van der Waals surface area contributed by atoms with Gasteiger partial charge >= 0.3 is 5.97 Å². The molecule has 1 aromatic heterocycles. The lowest BCUT2D eigenvalue weighted by molar-refractivity contribution is -0.133. The van der Waals surface area contributed by atoms with E-state index in [9.17, 15) is 4.79 Å². The first-order chi connectivity index (χ1) is 9.06. The number of nitrogens with zero attached hydrogens (tertiary/aromatic N) is 2. The number of carbonyl (C=O) groups is 1. The molecule has 2 aromatic rings. The fraction of sp³-hybridized carbons (Fsp3) is 0.286. The van der Waals surface area contributed by atoms with Crippen LogP contribution >= 0.6 is 11.8 Å². The van der Waals surface area contributed by atoms with Crippen molar-refractivity contribution < 1.29 is 9.90 Å². The first kappa shape index (κ1) is 13.7. The molecule has 19 heavy (non-hydrogen) atoms. The highest BCUT2D eigenvalue weighted by Crippen LogP contribution is 2.21. The standard InChI is InChI=1S/C14H16N2O2S/c1-10-5-3-4-6-12(10)8-16-13(7-11(2)15-16)19-9-14(17)18/h3-7H,8-9H2,1-2H3,(H,17,18). The molecule has 100 valence electrons. The lowest BCUT2D eigenvalue weighted by Crippen LogP contribution is -2.06. The van der Waals surface area contributed by atoms with Crippen molar-refractivity contribution >= 4 is 17.7 Å². The summed E-state index contributed by atoms with van der Waals surface area (Å²) in [6, 6.07) is 10.1. The molecule has 0 unspecified atom stereocenters. The largest absolute Gasteiger partial charge is 0.481 e. The van der Waals surface area contributed by atoms with Gasteiger partial charge in [-0.3, -0.25) is 9.48 Å². The zero-order chi connectivity index (χ0) is 13.8. The minimum Gasteiger partial charge on any atom is -0.481 e. The molecule has 0 saturated heterocycles. The zero-order valence-corrected chi connectivity index (χ0v) is 11.8. The van der Waals surface area contributed by atoms with Gasteiger partial charge in [-0.25, -0.2) is 0 Å². The van der Waals surface area contributed by atoms with Crippen molar-refractivity contribution in [2.75, 3.05) is 5.75 Å². The zero-order valence-electron chi connectivity index (χ0n) is 11.0. The van der Waals surface area contributed by atoms with Crippen LogP contribution in [0.2, 0.25) is 0 Å². The molecule has 1 heterocycles. The van der Waals surface area contributed by atoms with Crippen molar-refractivity contribution in [2.45, 2.75) is 25.4 Å². The predicted octanol–water partition coefficient (Wildman–Crippen LogP) is 2.72. The van der Waals surface area contributed by atoms with Crippen molar-refractivity contribution in [2.24, 2.45) is 0 Å². The third kappa shape index (κ3) is 3.61. The molecule has 2 rings (SSSR count). The third-order valence-electron chi connectivity index (χ3n) is 2.79. The molecule has 0 aliphatic heterocycles. The molecule has 0 bridgehead atoms. The maximum atomic E-state index is 10.7. The topological polar surface area (TPSA) is 55.1 Å². The van der Waals surface area contributed by atoms with Crippen LogP contribution in [-0.4, -0.2) is 26.6 Å². The molecule has 0 fully saturated rings. The van der Waals surface area contributed by atoms with Gasteiger partial charge in [0.25, 0.3) is 0 Å². The number of aliphatic carboxylic acids is 1. The van der Waals surface area contributed by atoms with Crippen molar-refractivity contribution in [1.29, 1.82) is 0 Å². The summed E-state index contributed by atoms with van der Waals surface area (Å²) in [7, 11) is 0. The molecule has 0 saturated carbocycles. The van der Waals surface area contributed by atoms with Gasteiger partial charge in [0.15, 0.2) is 0 Å². The van der Waals surface area contributed by atoms with Gasteiger partial charge < -0.3 is 5.11 Å². The number of hydrogen-bond acceptors (Lipinski definition) is 3. The number of aryl methyl sites for hydroxylation is 2. The Morgan fingerprint density at radius 2 is 2.11 bits per heavy atom. The maximum absolute atomic E-state index is 10.7. The van der Waals surface area contributed by atoms with Crippen LogP contribution in [-0.2, 0) is 11.3 Å². The number of aromatic nitrogens is 2. The van der Waals surface area contributed by atoms with E-state index in [0.717, 1.165) is 10.7 Å². The Kier molecular flexibility index (Phi) is 4.27. The SMILES string of the molecule is Cc1cc(SCC(=O)O)n(Cc2ccccc2C)n1. The minimum atomic E-state index is -0.814. The van der Waals surface area contributed by atoms with Crippen LogP contribution in [0, 0.1) is 13.8 Å². The van der Waals surface area contributed by atoms with E-state index in [0.29, 0.717) is 6.54 Å². The van der Waals surface area contributed by atoms with E-state index in [1.807, 2.05) is 29.8 Å². The summed E-state index contributed by atoms with van der Waals surface area (Å²) < 4.78 is 1.87. The average Bonchev–Trinajstić information content (AvgIpc) is 2.70. The average molecular weight is 276 g/mol. The summed E-state index contributed by atoms with van der Waals surface area (Å²) in [5.74, 6) is -0.759. The summed E-state index contributed by atoms with van der Waals surface area (Å²) in [5.41, 5.74) is 3.31. The highest BCUT2D eigenvalue weighted by Gasteiger charge is 2.09. The van der Waals surface area contributed by atoms with Gasteiger partial charge in [-0.05, 0) is 31.0 Å². The number of rotatable bonds is 5. The summed E-state index contributed by atoms with van der Waals surface area (Å²) in [5, 5.41) is 14.1. The van der Waals surface area contributed by atoms with Crippen LogP contribution in [0.25, 0.3) is 0 Å². The van der Waals surface area contributed by atoms with Crippen LogP contribution in [0.4, 0.5) is 0 Å². The Bertz CT molecular complexity index is 593. The van der Waals surface area contributed by atoms with E-state index in [1.165, 1.54) is 22.9 Å². The Hall–Kier alpha value is -1.75. The molecular weight excluding hydrogens is 260 g/mol. The second-order valence-corrected chi connectivity index (χ2v) is 5.39. The predicted molar refractivity (Wildman–Crippen MR) is 75.6 cm³/mol. The molecule has 0 spiro atoms. The summed E-state index contributed by atoms with van der Waals surface area (Å²) in [4.78, 5) is 10.7. The van der Waals surface area contributed by atoms with Gasteiger partial charge in [0.2, 0.25) is 0 Å². The summed E-state index contributed by atoms with van der Waals surface area (Å²) in [6.45, 7) is 4.65. The third-order valence-corrected chi connectivity index (χ3v) is 3.81. The van der Waals surface area contributed by atoms with Gasteiger partial charge in [0, 0.05) is 0 Å². The smallest absolute Gasteiger partial charge is 0.313 e. The molecule has 0 atom stereocenters. The molecule has 0 aliphatic carbocycles. The summed E-state index contributed by atoms with van der Waals surface area (Å²) in [6.07, 6.45) is 0. The quantitative estimate of drug-likeness (QED) is 0.853. The molecule has 4 nitrogen and oxygen atoms in total. The first-order valence-corrected chi connectivity index (χ1v) is 6.98. The number of thioether (sulfide) groups is 1. The van der Waals surface area contributed by atoms with Gasteiger partial charge in [0.1, 0.15) is 0 Å². The van der Waals surface area contributed by atoms with E-state index < -0.39 is 5.97 Å². The fourth-order valence-corrected chi connectivity index (χ4v) is 2.62. The Morgan fingerprint density at radius 1 is 1.37 bits per heavy atom. The van der Waals surface area contributed by atoms with Crippen molar-refractivity contribution in [3.8, 4) is 0 Å². The molecule has 0 aliphatic rings. The van der Waals surface area contributed by atoms with E-state index in [1.54, 1.807) is 0 Å². The first-order valence-electron chi connectivity index (χ1n) is 6.00. The van der Waals surface area contributed by atoms with Crippen LogP contribution in [0.5, 0.6) is 0 Å². The second kappa shape index (κ2) is 5.93. The second-order valence-electron chi connectivity index (χ2n) is 4.39. The lowest BCUT2D eigenvalue weighted by Gasteiger charge is -2.08. The molecule has 1 N–H and O–H groups in total. The van der Waals surface area contributed by atoms with E-state index >= 15 is 0 Å². The highest BCUT2D eigenvalue weighted by molar-refractivity contribution is 7.99. The lowest BCUT2D eigenvalue weighted by atomic mass is 10.1. The van der Waals surface area contributed by atoms with Crippen molar-refractivity contribution in [3.05, 3.63) is 47.2 Å². The molecule has 0 radical (unpaired) electrons. The monoisotopic (exact) mass is 276 g/mol. The minimum absolute atomic E-state index is 0.0545. The van der Waals surface area contributed by atoms with Crippen molar-refractivity contribution in [1.82, 2.24) is 9.78 Å². The number of benzene rings is 1. The van der Waals surface area contributed by atoms with E-state index in [4.69, 9.17) is 5.11 Å². The number of carboxylic acid groups (broad SMARTS) is 1. The highest BCUT2D eigenvalue weighted by atomic mass is 32.2. The van der Waals surface area contributed by atoms with E-state index in [-0.39, 0.29) is 5.75 Å². The van der Waals surface area contributed by atoms with Gasteiger partial charge in [-0.1, -0.05) is 36.0 Å². The number of carboxylic acids is 1. The van der Waals surface area contributed by atoms with Crippen molar-refractivity contribution in [3.63, 3.8) is 0 Å². The van der Waals surface area contributed by atoms with Crippen LogP contribution in [0.15, 0.2) is 35.4 Å². The normalized spacial score (nSPS) is 10.6. The number of hydrogen-bond donors (Lipinski definition) is 1. The molecule has 0 amide bonds. The van der Waals surface area contributed by atoms with Gasteiger partial charge in [-0.15, -0.1) is 0 Å². The van der Waals surface area contributed by atoms with Gasteiger partial charge in [-0.2, -0.15) is 5.10 Å². The Balaban J connectivity index is 2.20. The Labute approximate surface area is 116 Å². The molecule has 1 aromatic carbocycles. The fourth-order valence-electron chi connectivity index (χ4n) is 1.84. The molecule has 5 heteroatoms.